The lowest BCUT2D eigenvalue weighted by Gasteiger charge is -2.10. The number of hydrogen-bond donors (Lipinski definition) is 0. The average molecular weight is 373 g/mol. The van der Waals surface area contributed by atoms with Crippen molar-refractivity contribution in [3.05, 3.63) is 59.4 Å². The van der Waals surface area contributed by atoms with Gasteiger partial charge >= 0.3 is 0 Å². The zero-order chi connectivity index (χ0) is 20.2. The summed E-state index contributed by atoms with van der Waals surface area (Å²) in [5.41, 5.74) is 2.93. The number of benzene rings is 2. The first-order valence-electron chi connectivity index (χ1n) is 8.87. The van der Waals surface area contributed by atoms with E-state index in [4.69, 9.17) is 9.47 Å². The quantitative estimate of drug-likeness (QED) is 0.650. The van der Waals surface area contributed by atoms with Crippen molar-refractivity contribution in [1.82, 2.24) is 0 Å². The fourth-order valence-corrected chi connectivity index (χ4v) is 2.57. The van der Waals surface area contributed by atoms with Crippen LogP contribution in [0.3, 0.4) is 0 Å². The van der Waals surface area contributed by atoms with E-state index in [2.05, 4.69) is 11.9 Å². The standard InChI is InChI=1S/C13H19NO2.C9H9FO/c1-5-6-11(14-2)10-7-8-12(15-3)13(9-10)16-4;1-7(11)5-8-3-2-4-9(10)6-8/h7-9H,5-6H2,1-4H3;2-4,6H,5H2,1H3. The molecule has 0 saturated heterocycles. The lowest BCUT2D eigenvalue weighted by Crippen LogP contribution is -2.01. The first kappa shape index (κ1) is 22.4. The molecular weight excluding hydrogens is 345 g/mol. The van der Waals surface area contributed by atoms with Crippen LogP contribution in [0.2, 0.25) is 0 Å². The Bertz CT molecular complexity index is 772. The average Bonchev–Trinajstić information content (AvgIpc) is 2.65. The summed E-state index contributed by atoms with van der Waals surface area (Å²) in [6.45, 7) is 3.64. The highest BCUT2D eigenvalue weighted by molar-refractivity contribution is 6.01. The van der Waals surface area contributed by atoms with Gasteiger partial charge in [0.25, 0.3) is 0 Å². The van der Waals surface area contributed by atoms with Gasteiger partial charge in [0.1, 0.15) is 11.6 Å². The number of nitrogens with zero attached hydrogens (tertiary/aromatic N) is 1. The second kappa shape index (κ2) is 11.8. The van der Waals surface area contributed by atoms with Gasteiger partial charge in [0, 0.05) is 19.2 Å². The molecule has 0 saturated carbocycles. The van der Waals surface area contributed by atoms with Crippen molar-refractivity contribution in [2.45, 2.75) is 33.1 Å². The minimum absolute atomic E-state index is 0.0515. The van der Waals surface area contributed by atoms with Crippen molar-refractivity contribution in [2.75, 3.05) is 21.3 Å². The minimum atomic E-state index is -0.288. The summed E-state index contributed by atoms with van der Waals surface area (Å²) in [4.78, 5) is 14.9. The van der Waals surface area contributed by atoms with Gasteiger partial charge in [-0.1, -0.05) is 25.5 Å². The van der Waals surface area contributed by atoms with Gasteiger partial charge < -0.3 is 9.47 Å². The lowest BCUT2D eigenvalue weighted by atomic mass is 10.1. The third kappa shape index (κ3) is 7.60. The molecule has 0 N–H and O–H groups in total. The van der Waals surface area contributed by atoms with Crippen molar-refractivity contribution < 1.29 is 18.7 Å². The van der Waals surface area contributed by atoms with Gasteiger partial charge in [0.05, 0.1) is 14.2 Å². The number of hydrogen-bond acceptors (Lipinski definition) is 4. The number of ketones is 1. The van der Waals surface area contributed by atoms with Gasteiger partial charge in [-0.15, -0.1) is 0 Å². The molecule has 0 aliphatic rings. The predicted octanol–water partition coefficient (Wildman–Crippen LogP) is 4.88. The Kier molecular flexibility index (Phi) is 9.80. The van der Waals surface area contributed by atoms with Gasteiger partial charge in [-0.2, -0.15) is 0 Å². The predicted molar refractivity (Wildman–Crippen MR) is 108 cm³/mol. The molecule has 0 spiro atoms. The maximum atomic E-state index is 12.5. The van der Waals surface area contributed by atoms with Crippen LogP contribution in [0.1, 0.15) is 37.8 Å². The van der Waals surface area contributed by atoms with Crippen LogP contribution in [0, 0.1) is 5.82 Å². The normalized spacial score (nSPS) is 10.7. The smallest absolute Gasteiger partial charge is 0.161 e. The van der Waals surface area contributed by atoms with Crippen LogP contribution in [0.4, 0.5) is 4.39 Å². The fraction of sp³-hybridized carbons (Fsp3) is 0.364. The summed E-state index contributed by atoms with van der Waals surface area (Å²) in [5.74, 6) is 1.26. The Morgan fingerprint density at radius 2 is 1.78 bits per heavy atom. The molecule has 0 aliphatic heterocycles. The molecule has 0 amide bonds. The number of Topliss-reactive ketones (excluding diaryl/α,β-unsaturated/α-hetero) is 1. The second-order valence-electron chi connectivity index (χ2n) is 6.00. The topological polar surface area (TPSA) is 47.9 Å². The highest BCUT2D eigenvalue weighted by atomic mass is 19.1. The molecule has 2 aromatic rings. The van der Waals surface area contributed by atoms with E-state index in [1.54, 1.807) is 26.4 Å². The van der Waals surface area contributed by atoms with Crippen molar-refractivity contribution >= 4 is 11.5 Å². The largest absolute Gasteiger partial charge is 0.493 e. The molecule has 0 aliphatic carbocycles. The van der Waals surface area contributed by atoms with Gasteiger partial charge in [-0.05, 0) is 54.8 Å². The third-order valence-electron chi connectivity index (χ3n) is 3.82. The molecule has 0 fully saturated rings. The Hall–Kier alpha value is -2.69. The van der Waals surface area contributed by atoms with E-state index in [-0.39, 0.29) is 11.6 Å². The van der Waals surface area contributed by atoms with Crippen molar-refractivity contribution in [1.29, 1.82) is 0 Å². The van der Waals surface area contributed by atoms with Gasteiger partial charge in [-0.25, -0.2) is 4.39 Å². The summed E-state index contributed by atoms with van der Waals surface area (Å²) in [6, 6.07) is 12.0. The van der Waals surface area contributed by atoms with Crippen LogP contribution in [-0.2, 0) is 11.2 Å². The van der Waals surface area contributed by atoms with E-state index in [1.165, 1.54) is 19.1 Å². The van der Waals surface area contributed by atoms with E-state index in [1.807, 2.05) is 25.2 Å². The van der Waals surface area contributed by atoms with Gasteiger partial charge in [0.15, 0.2) is 11.5 Å². The molecule has 4 nitrogen and oxygen atoms in total. The number of methoxy groups -OCH3 is 2. The van der Waals surface area contributed by atoms with Crippen LogP contribution < -0.4 is 9.47 Å². The molecule has 2 rings (SSSR count). The number of ether oxygens (including phenoxy) is 2. The van der Waals surface area contributed by atoms with E-state index in [9.17, 15) is 9.18 Å². The van der Waals surface area contributed by atoms with Gasteiger partial charge in [0.2, 0.25) is 0 Å². The second-order valence-corrected chi connectivity index (χ2v) is 6.00. The summed E-state index contributed by atoms with van der Waals surface area (Å²) >= 11 is 0. The molecule has 0 bridgehead atoms. The van der Waals surface area contributed by atoms with E-state index >= 15 is 0 Å². The molecule has 0 unspecified atom stereocenters. The van der Waals surface area contributed by atoms with Crippen LogP contribution >= 0.6 is 0 Å². The molecule has 2 aromatic carbocycles. The fourth-order valence-electron chi connectivity index (χ4n) is 2.57. The van der Waals surface area contributed by atoms with Crippen molar-refractivity contribution in [3.63, 3.8) is 0 Å². The first-order valence-corrected chi connectivity index (χ1v) is 8.87. The maximum absolute atomic E-state index is 12.5. The zero-order valence-corrected chi connectivity index (χ0v) is 16.7. The highest BCUT2D eigenvalue weighted by Gasteiger charge is 2.08. The minimum Gasteiger partial charge on any atom is -0.493 e. The van der Waals surface area contributed by atoms with Crippen LogP contribution in [0.15, 0.2) is 47.5 Å². The van der Waals surface area contributed by atoms with E-state index < -0.39 is 0 Å². The lowest BCUT2D eigenvalue weighted by molar-refractivity contribution is -0.116. The van der Waals surface area contributed by atoms with Crippen LogP contribution in [0.25, 0.3) is 0 Å². The van der Waals surface area contributed by atoms with Crippen LogP contribution in [-0.4, -0.2) is 32.8 Å². The molecule has 0 aromatic heterocycles. The Labute approximate surface area is 161 Å². The number of carbonyl (C=O) groups excluding carboxylic acids is 1. The Morgan fingerprint density at radius 1 is 1.07 bits per heavy atom. The number of halogens is 1. The SMILES string of the molecule is CC(=O)Cc1cccc(F)c1.CCCC(=NC)c1ccc(OC)c(OC)c1. The maximum Gasteiger partial charge on any atom is 0.161 e. The Morgan fingerprint density at radius 3 is 2.30 bits per heavy atom. The molecule has 0 heterocycles. The summed E-state index contributed by atoms with van der Waals surface area (Å²) in [7, 11) is 5.10. The summed E-state index contributed by atoms with van der Waals surface area (Å²) in [5, 5.41) is 0. The molecule has 0 atom stereocenters. The Balaban J connectivity index is 0.000000289. The van der Waals surface area contributed by atoms with Gasteiger partial charge in [-0.3, -0.25) is 9.79 Å². The van der Waals surface area contributed by atoms with E-state index in [0.717, 1.165) is 41.2 Å². The summed E-state index contributed by atoms with van der Waals surface area (Å²) < 4.78 is 23.0. The zero-order valence-electron chi connectivity index (χ0n) is 16.7. The highest BCUT2D eigenvalue weighted by Crippen LogP contribution is 2.28. The molecule has 27 heavy (non-hydrogen) atoms. The molecule has 5 heteroatoms. The van der Waals surface area contributed by atoms with Crippen molar-refractivity contribution in [3.8, 4) is 11.5 Å². The number of rotatable bonds is 7. The van der Waals surface area contributed by atoms with Crippen LogP contribution in [0.5, 0.6) is 11.5 Å². The first-order chi connectivity index (χ1) is 12.9. The van der Waals surface area contributed by atoms with E-state index in [0.29, 0.717) is 6.42 Å². The summed E-state index contributed by atoms with van der Waals surface area (Å²) in [6.07, 6.45) is 2.38. The number of carbonyl (C=O) groups is 1. The van der Waals surface area contributed by atoms with Crippen molar-refractivity contribution in [2.24, 2.45) is 4.99 Å². The molecule has 146 valence electrons. The number of aliphatic imine (C=N–C) groups is 1. The molecule has 0 radical (unpaired) electrons. The molecular formula is C22H28FNO3. The third-order valence-corrected chi connectivity index (χ3v) is 3.82. The monoisotopic (exact) mass is 373 g/mol.